The van der Waals surface area contributed by atoms with Gasteiger partial charge in [-0.2, -0.15) is 0 Å². The Morgan fingerprint density at radius 1 is 1.09 bits per heavy atom. The lowest BCUT2D eigenvalue weighted by Crippen LogP contribution is -2.27. The molecule has 1 atom stereocenters. The molecule has 1 heterocycles. The van der Waals surface area contributed by atoms with E-state index in [2.05, 4.69) is 48.4 Å². The minimum Gasteiger partial charge on any atom is -0.351 e. The van der Waals surface area contributed by atoms with Crippen LogP contribution in [0.1, 0.15) is 43.4 Å². The molecule has 0 saturated carbocycles. The second-order valence-electron chi connectivity index (χ2n) is 6.14. The quantitative estimate of drug-likeness (QED) is 0.883. The monoisotopic (exact) mass is 296 g/mol. The van der Waals surface area contributed by atoms with Crippen LogP contribution in [0.4, 0.5) is 0 Å². The van der Waals surface area contributed by atoms with E-state index in [1.165, 1.54) is 5.56 Å². The highest BCUT2D eigenvalue weighted by Crippen LogP contribution is 2.17. The summed E-state index contributed by atoms with van der Waals surface area (Å²) in [5, 5.41) is 2.97. The van der Waals surface area contributed by atoms with Crippen molar-refractivity contribution in [3.05, 3.63) is 65.5 Å². The SMILES string of the molecule is CC(C)Cc1ccc(C(C)C(=O)NCc2cccnc2)cc1. The van der Waals surface area contributed by atoms with Crippen molar-refractivity contribution in [3.63, 3.8) is 0 Å². The zero-order valence-corrected chi connectivity index (χ0v) is 13.5. The first-order chi connectivity index (χ1) is 10.6. The number of benzene rings is 1. The van der Waals surface area contributed by atoms with Crippen LogP contribution >= 0.6 is 0 Å². The van der Waals surface area contributed by atoms with Gasteiger partial charge >= 0.3 is 0 Å². The fraction of sp³-hybridized carbons (Fsp3) is 0.368. The maximum Gasteiger partial charge on any atom is 0.227 e. The third-order valence-corrected chi connectivity index (χ3v) is 3.71. The van der Waals surface area contributed by atoms with Gasteiger partial charge in [0.05, 0.1) is 5.92 Å². The van der Waals surface area contributed by atoms with E-state index in [0.717, 1.165) is 17.5 Å². The normalized spacial score (nSPS) is 12.2. The van der Waals surface area contributed by atoms with E-state index >= 15 is 0 Å². The van der Waals surface area contributed by atoms with Crippen LogP contribution in [0, 0.1) is 5.92 Å². The molecule has 0 spiro atoms. The number of nitrogens with zero attached hydrogens (tertiary/aromatic N) is 1. The van der Waals surface area contributed by atoms with Crippen molar-refractivity contribution in [1.82, 2.24) is 10.3 Å². The van der Waals surface area contributed by atoms with Crippen LogP contribution in [0.25, 0.3) is 0 Å². The van der Waals surface area contributed by atoms with E-state index in [9.17, 15) is 4.79 Å². The van der Waals surface area contributed by atoms with Crippen LogP contribution in [0.5, 0.6) is 0 Å². The molecule has 1 amide bonds. The Labute approximate surface area is 132 Å². The second kappa shape index (κ2) is 7.74. The molecule has 1 aromatic carbocycles. The Morgan fingerprint density at radius 2 is 1.82 bits per heavy atom. The number of hydrogen-bond acceptors (Lipinski definition) is 2. The van der Waals surface area contributed by atoms with Gasteiger partial charge in [-0.3, -0.25) is 9.78 Å². The molecular formula is C19H24N2O. The molecule has 1 N–H and O–H groups in total. The summed E-state index contributed by atoms with van der Waals surface area (Å²) in [4.78, 5) is 16.3. The molecule has 2 aromatic rings. The number of hydrogen-bond donors (Lipinski definition) is 1. The summed E-state index contributed by atoms with van der Waals surface area (Å²) in [5.74, 6) is 0.538. The predicted octanol–water partition coefficient (Wildman–Crippen LogP) is 3.70. The van der Waals surface area contributed by atoms with Crippen molar-refractivity contribution in [2.24, 2.45) is 5.92 Å². The topological polar surface area (TPSA) is 42.0 Å². The van der Waals surface area contributed by atoms with Gasteiger partial charge in [-0.1, -0.05) is 44.2 Å². The fourth-order valence-corrected chi connectivity index (χ4v) is 2.41. The highest BCUT2D eigenvalue weighted by molar-refractivity contribution is 5.83. The number of amides is 1. The van der Waals surface area contributed by atoms with Crippen molar-refractivity contribution >= 4 is 5.91 Å². The Morgan fingerprint density at radius 3 is 2.41 bits per heavy atom. The summed E-state index contributed by atoms with van der Waals surface area (Å²) in [5.41, 5.74) is 3.38. The van der Waals surface area contributed by atoms with Crippen LogP contribution in [0.2, 0.25) is 0 Å². The van der Waals surface area contributed by atoms with Crippen LogP contribution in [0.15, 0.2) is 48.8 Å². The molecule has 0 aliphatic heterocycles. The van der Waals surface area contributed by atoms with E-state index < -0.39 is 0 Å². The van der Waals surface area contributed by atoms with E-state index in [1.54, 1.807) is 12.4 Å². The van der Waals surface area contributed by atoms with Gasteiger partial charge in [0.15, 0.2) is 0 Å². The third-order valence-electron chi connectivity index (χ3n) is 3.71. The minimum atomic E-state index is -0.148. The predicted molar refractivity (Wildman–Crippen MR) is 89.5 cm³/mol. The first-order valence-corrected chi connectivity index (χ1v) is 7.81. The smallest absolute Gasteiger partial charge is 0.227 e. The van der Waals surface area contributed by atoms with E-state index in [4.69, 9.17) is 0 Å². The van der Waals surface area contributed by atoms with Gasteiger partial charge in [0.25, 0.3) is 0 Å². The number of rotatable bonds is 6. The Bertz CT molecular complexity index is 591. The van der Waals surface area contributed by atoms with Gasteiger partial charge < -0.3 is 5.32 Å². The molecule has 0 fully saturated rings. The van der Waals surface area contributed by atoms with Gasteiger partial charge in [0.1, 0.15) is 0 Å². The third kappa shape index (κ3) is 4.69. The van der Waals surface area contributed by atoms with E-state index in [1.807, 2.05) is 19.1 Å². The lowest BCUT2D eigenvalue weighted by molar-refractivity contribution is -0.122. The summed E-state index contributed by atoms with van der Waals surface area (Å²) in [6, 6.07) is 12.2. The average Bonchev–Trinajstić information content (AvgIpc) is 2.53. The molecule has 1 aromatic heterocycles. The summed E-state index contributed by atoms with van der Waals surface area (Å²) in [7, 11) is 0. The van der Waals surface area contributed by atoms with E-state index in [-0.39, 0.29) is 11.8 Å². The van der Waals surface area contributed by atoms with Crippen LogP contribution in [-0.2, 0) is 17.8 Å². The summed E-state index contributed by atoms with van der Waals surface area (Å²) < 4.78 is 0. The van der Waals surface area contributed by atoms with Gasteiger partial charge in [0, 0.05) is 18.9 Å². The number of carbonyl (C=O) groups is 1. The van der Waals surface area contributed by atoms with Crippen LogP contribution < -0.4 is 5.32 Å². The van der Waals surface area contributed by atoms with Crippen LogP contribution in [0.3, 0.4) is 0 Å². The molecule has 1 unspecified atom stereocenters. The molecule has 3 nitrogen and oxygen atoms in total. The number of aromatic nitrogens is 1. The summed E-state index contributed by atoms with van der Waals surface area (Å²) in [6.07, 6.45) is 4.57. The summed E-state index contributed by atoms with van der Waals surface area (Å²) in [6.45, 7) is 6.88. The van der Waals surface area contributed by atoms with Crippen molar-refractivity contribution in [2.45, 2.75) is 39.7 Å². The standard InChI is InChI=1S/C19H24N2O/c1-14(2)11-16-6-8-18(9-7-16)15(3)19(22)21-13-17-5-4-10-20-12-17/h4-10,12,14-15H,11,13H2,1-3H3,(H,21,22). The molecule has 0 bridgehead atoms. The number of nitrogens with one attached hydrogen (secondary N) is 1. The summed E-state index contributed by atoms with van der Waals surface area (Å²) >= 11 is 0. The minimum absolute atomic E-state index is 0.0421. The van der Waals surface area contributed by atoms with Gasteiger partial charge in [0.2, 0.25) is 5.91 Å². The van der Waals surface area contributed by atoms with Gasteiger partial charge in [-0.15, -0.1) is 0 Å². The maximum absolute atomic E-state index is 12.2. The molecule has 0 aliphatic rings. The van der Waals surface area contributed by atoms with Crippen molar-refractivity contribution in [2.75, 3.05) is 0 Å². The molecule has 0 radical (unpaired) electrons. The zero-order valence-electron chi connectivity index (χ0n) is 13.5. The highest BCUT2D eigenvalue weighted by Gasteiger charge is 2.14. The molecule has 22 heavy (non-hydrogen) atoms. The van der Waals surface area contributed by atoms with Crippen molar-refractivity contribution < 1.29 is 4.79 Å². The molecule has 0 aliphatic carbocycles. The highest BCUT2D eigenvalue weighted by atomic mass is 16.1. The number of carbonyl (C=O) groups excluding carboxylic acids is 1. The lowest BCUT2D eigenvalue weighted by atomic mass is 9.96. The van der Waals surface area contributed by atoms with Crippen molar-refractivity contribution in [1.29, 1.82) is 0 Å². The Kier molecular flexibility index (Phi) is 5.70. The fourth-order valence-electron chi connectivity index (χ4n) is 2.41. The first kappa shape index (κ1) is 16.2. The molecule has 2 rings (SSSR count). The Balaban J connectivity index is 1.92. The average molecular weight is 296 g/mol. The van der Waals surface area contributed by atoms with Crippen LogP contribution in [-0.4, -0.2) is 10.9 Å². The second-order valence-corrected chi connectivity index (χ2v) is 6.14. The van der Waals surface area contributed by atoms with Crippen molar-refractivity contribution in [3.8, 4) is 0 Å². The Hall–Kier alpha value is -2.16. The molecule has 3 heteroatoms. The van der Waals surface area contributed by atoms with E-state index in [0.29, 0.717) is 12.5 Å². The molecule has 116 valence electrons. The first-order valence-electron chi connectivity index (χ1n) is 7.81. The van der Waals surface area contributed by atoms with Gasteiger partial charge in [-0.25, -0.2) is 0 Å². The zero-order chi connectivity index (χ0) is 15.9. The van der Waals surface area contributed by atoms with Gasteiger partial charge in [-0.05, 0) is 42.0 Å². The largest absolute Gasteiger partial charge is 0.351 e. The molecule has 0 saturated heterocycles. The lowest BCUT2D eigenvalue weighted by Gasteiger charge is -2.13. The number of pyridine rings is 1. The maximum atomic E-state index is 12.2. The molecular weight excluding hydrogens is 272 g/mol.